The average molecular weight is 455 g/mol. The van der Waals surface area contributed by atoms with Crippen molar-refractivity contribution in [1.29, 1.82) is 0 Å². The van der Waals surface area contributed by atoms with Crippen LogP contribution in [0, 0.1) is 23.2 Å². The lowest BCUT2D eigenvalue weighted by Gasteiger charge is -2.57. The van der Waals surface area contributed by atoms with Crippen LogP contribution >= 0.6 is 0 Å². The van der Waals surface area contributed by atoms with Crippen molar-refractivity contribution in [3.05, 3.63) is 53.7 Å². The van der Waals surface area contributed by atoms with Gasteiger partial charge in [0, 0.05) is 18.7 Å². The Bertz CT molecular complexity index is 1240. The van der Waals surface area contributed by atoms with Gasteiger partial charge in [0.15, 0.2) is 0 Å². The molecule has 1 amide bonds. The highest BCUT2D eigenvalue weighted by atomic mass is 16.2. The number of carbonyl (C=O) groups is 1. The van der Waals surface area contributed by atoms with Crippen molar-refractivity contribution in [2.45, 2.75) is 51.5 Å². The number of hydrogen-bond acceptors (Lipinski definition) is 6. The summed E-state index contributed by atoms with van der Waals surface area (Å²) in [7, 11) is 0. The lowest BCUT2D eigenvalue weighted by molar-refractivity contribution is -0.0444. The van der Waals surface area contributed by atoms with Gasteiger partial charge < -0.3 is 10.2 Å². The topological polar surface area (TPSA) is 83.9 Å². The van der Waals surface area contributed by atoms with Gasteiger partial charge >= 0.3 is 0 Å². The summed E-state index contributed by atoms with van der Waals surface area (Å²) in [6.45, 7) is 2.15. The minimum atomic E-state index is -0.0920. The molecule has 0 spiro atoms. The van der Waals surface area contributed by atoms with E-state index in [0.29, 0.717) is 24.2 Å². The number of para-hydroxylation sites is 2. The Morgan fingerprint density at radius 1 is 1.00 bits per heavy atom. The number of benzene rings is 1. The Kier molecular flexibility index (Phi) is 4.61. The first kappa shape index (κ1) is 20.3. The molecule has 0 saturated heterocycles. The maximum atomic E-state index is 13.2. The van der Waals surface area contributed by atoms with Crippen LogP contribution in [0.2, 0.25) is 0 Å². The Hall–Kier alpha value is -3.09. The van der Waals surface area contributed by atoms with Gasteiger partial charge in [-0.05, 0) is 80.2 Å². The lowest BCUT2D eigenvalue weighted by Crippen LogP contribution is -2.49. The summed E-state index contributed by atoms with van der Waals surface area (Å²) in [4.78, 5) is 33.1. The molecule has 7 heteroatoms. The number of fused-ring (bicyclic) bond motifs is 2. The second-order valence-electron chi connectivity index (χ2n) is 11.1. The smallest absolute Gasteiger partial charge is 0.274 e. The van der Waals surface area contributed by atoms with Crippen LogP contribution in [0.5, 0.6) is 0 Å². The molecule has 5 aliphatic rings. The van der Waals surface area contributed by atoms with Crippen LogP contribution < -0.4 is 5.32 Å². The highest BCUT2D eigenvalue weighted by Gasteiger charge is 2.50. The number of aromatic nitrogens is 4. The van der Waals surface area contributed by atoms with Gasteiger partial charge in [-0.3, -0.25) is 9.78 Å². The highest BCUT2D eigenvalue weighted by molar-refractivity contribution is 5.94. The Labute approximate surface area is 199 Å². The molecule has 4 fully saturated rings. The summed E-state index contributed by atoms with van der Waals surface area (Å²) >= 11 is 0. The average Bonchev–Trinajstić information content (AvgIpc) is 2.85. The molecule has 3 aromatic rings. The second-order valence-corrected chi connectivity index (χ2v) is 11.1. The van der Waals surface area contributed by atoms with Crippen LogP contribution in [-0.2, 0) is 13.0 Å². The first-order valence-electron chi connectivity index (χ1n) is 12.7. The second kappa shape index (κ2) is 7.72. The molecule has 3 heterocycles. The standard InChI is InChI=1S/C27H30N6O/c34-26(23-13-28-21-3-1-2-4-22(21)32-23)33-6-5-20-24(14-33)30-16-31-25(20)29-15-27-10-17-7-18(11-27)9-19(8-17)12-27/h1-4,13,16-19H,5-12,14-15H2,(H,29,30,31). The Morgan fingerprint density at radius 3 is 2.50 bits per heavy atom. The normalized spacial score (nSPS) is 29.3. The fraction of sp³-hybridized carbons (Fsp3) is 0.519. The number of amides is 1. The van der Waals surface area contributed by atoms with E-state index in [1.54, 1.807) is 12.5 Å². The molecule has 4 bridgehead atoms. The zero-order chi connectivity index (χ0) is 22.7. The van der Waals surface area contributed by atoms with Gasteiger partial charge in [0.05, 0.1) is 29.5 Å². The molecule has 174 valence electrons. The van der Waals surface area contributed by atoms with E-state index in [0.717, 1.165) is 53.3 Å². The van der Waals surface area contributed by atoms with E-state index in [2.05, 4.69) is 25.3 Å². The van der Waals surface area contributed by atoms with Crippen LogP contribution in [0.15, 0.2) is 36.8 Å². The van der Waals surface area contributed by atoms with Crippen molar-refractivity contribution < 1.29 is 4.79 Å². The maximum absolute atomic E-state index is 13.2. The van der Waals surface area contributed by atoms with Gasteiger partial charge in [0.2, 0.25) is 0 Å². The van der Waals surface area contributed by atoms with Crippen molar-refractivity contribution in [3.63, 3.8) is 0 Å². The van der Waals surface area contributed by atoms with Crippen LogP contribution in [0.3, 0.4) is 0 Å². The third-order valence-electron chi connectivity index (χ3n) is 8.76. The van der Waals surface area contributed by atoms with Gasteiger partial charge in [-0.1, -0.05) is 12.1 Å². The Morgan fingerprint density at radius 2 is 1.74 bits per heavy atom. The molecule has 1 aromatic carbocycles. The number of anilines is 1. The van der Waals surface area contributed by atoms with Crippen LogP contribution in [0.25, 0.3) is 11.0 Å². The SMILES string of the molecule is O=C(c1cnc2ccccc2n1)N1CCc2c(ncnc2NCC23CC4CC(CC(C4)C2)C3)C1. The predicted molar refractivity (Wildman–Crippen MR) is 129 cm³/mol. The molecule has 8 rings (SSSR count). The van der Waals surface area contributed by atoms with Crippen LogP contribution in [0.4, 0.5) is 5.82 Å². The van der Waals surface area contributed by atoms with Crippen molar-refractivity contribution in [2.75, 3.05) is 18.4 Å². The zero-order valence-electron chi connectivity index (χ0n) is 19.4. The van der Waals surface area contributed by atoms with Crippen molar-refractivity contribution >= 4 is 22.8 Å². The molecule has 4 saturated carbocycles. The number of hydrogen-bond donors (Lipinski definition) is 1. The van der Waals surface area contributed by atoms with Crippen molar-refractivity contribution in [2.24, 2.45) is 23.2 Å². The van der Waals surface area contributed by atoms with Gasteiger partial charge in [0.25, 0.3) is 5.91 Å². The van der Waals surface area contributed by atoms with E-state index in [4.69, 9.17) is 0 Å². The first-order valence-corrected chi connectivity index (χ1v) is 12.7. The molecule has 1 N–H and O–H groups in total. The Balaban J connectivity index is 1.07. The maximum Gasteiger partial charge on any atom is 0.274 e. The highest BCUT2D eigenvalue weighted by Crippen LogP contribution is 2.59. The van der Waals surface area contributed by atoms with Crippen molar-refractivity contribution in [1.82, 2.24) is 24.8 Å². The molecular formula is C27H30N6O. The number of carbonyl (C=O) groups excluding carboxylic acids is 1. The molecule has 2 aromatic heterocycles. The summed E-state index contributed by atoms with van der Waals surface area (Å²) in [5.74, 6) is 3.73. The molecule has 34 heavy (non-hydrogen) atoms. The van der Waals surface area contributed by atoms with Gasteiger partial charge in [-0.15, -0.1) is 0 Å². The van der Waals surface area contributed by atoms with Crippen LogP contribution in [0.1, 0.15) is 60.3 Å². The van der Waals surface area contributed by atoms with Crippen LogP contribution in [-0.4, -0.2) is 43.8 Å². The quantitative estimate of drug-likeness (QED) is 0.635. The third-order valence-corrected chi connectivity index (χ3v) is 8.76. The van der Waals surface area contributed by atoms with E-state index < -0.39 is 0 Å². The molecule has 7 nitrogen and oxygen atoms in total. The summed E-state index contributed by atoms with van der Waals surface area (Å²) in [6, 6.07) is 7.63. The summed E-state index contributed by atoms with van der Waals surface area (Å²) in [6.07, 6.45) is 12.5. The van der Waals surface area contributed by atoms with E-state index >= 15 is 0 Å². The monoisotopic (exact) mass is 454 g/mol. The molecule has 4 aliphatic carbocycles. The fourth-order valence-corrected chi connectivity index (χ4v) is 7.68. The molecule has 0 atom stereocenters. The largest absolute Gasteiger partial charge is 0.369 e. The number of rotatable bonds is 4. The number of nitrogens with zero attached hydrogens (tertiary/aromatic N) is 5. The minimum absolute atomic E-state index is 0.0920. The predicted octanol–water partition coefficient (Wildman–Crippen LogP) is 4.25. The van der Waals surface area contributed by atoms with Gasteiger partial charge in [0.1, 0.15) is 17.8 Å². The molecule has 0 radical (unpaired) electrons. The zero-order valence-corrected chi connectivity index (χ0v) is 19.4. The number of nitrogens with one attached hydrogen (secondary N) is 1. The summed E-state index contributed by atoms with van der Waals surface area (Å²) < 4.78 is 0. The van der Waals surface area contributed by atoms with E-state index in [1.165, 1.54) is 44.1 Å². The molecule has 1 aliphatic heterocycles. The summed E-state index contributed by atoms with van der Waals surface area (Å²) in [5, 5.41) is 3.75. The molecular weight excluding hydrogens is 424 g/mol. The molecule has 0 unspecified atom stereocenters. The van der Waals surface area contributed by atoms with Gasteiger partial charge in [-0.2, -0.15) is 0 Å². The fourth-order valence-electron chi connectivity index (χ4n) is 7.68. The third kappa shape index (κ3) is 3.44. The van der Waals surface area contributed by atoms with E-state index in [9.17, 15) is 4.79 Å². The van der Waals surface area contributed by atoms with E-state index in [-0.39, 0.29) is 5.91 Å². The minimum Gasteiger partial charge on any atom is -0.369 e. The first-order chi connectivity index (χ1) is 16.6. The van der Waals surface area contributed by atoms with Gasteiger partial charge in [-0.25, -0.2) is 15.0 Å². The van der Waals surface area contributed by atoms with Crippen molar-refractivity contribution in [3.8, 4) is 0 Å². The summed E-state index contributed by atoms with van der Waals surface area (Å²) in [5.41, 5.74) is 4.49. The lowest BCUT2D eigenvalue weighted by atomic mass is 9.49. The van der Waals surface area contributed by atoms with E-state index in [1.807, 2.05) is 29.2 Å².